The van der Waals surface area contributed by atoms with E-state index in [1.54, 1.807) is 0 Å². The Morgan fingerprint density at radius 1 is 1.47 bits per heavy atom. The first-order valence-corrected chi connectivity index (χ1v) is 6.69. The van der Waals surface area contributed by atoms with Gasteiger partial charge in [-0.1, -0.05) is 11.3 Å². The van der Waals surface area contributed by atoms with Crippen molar-refractivity contribution in [1.82, 2.24) is 19.9 Å². The highest BCUT2D eigenvalue weighted by Crippen LogP contribution is 2.24. The average Bonchev–Trinajstić information content (AvgIpc) is 2.88. The third-order valence-electron chi connectivity index (χ3n) is 3.40. The highest BCUT2D eigenvalue weighted by molar-refractivity contribution is 9.10. The van der Waals surface area contributed by atoms with Crippen LogP contribution >= 0.6 is 15.9 Å². The summed E-state index contributed by atoms with van der Waals surface area (Å²) in [6, 6.07) is 6.04. The maximum atomic E-state index is 4.26. The molecular formula is C12H15BrN4. The van der Waals surface area contributed by atoms with E-state index in [2.05, 4.69) is 38.2 Å². The summed E-state index contributed by atoms with van der Waals surface area (Å²) in [5, 5.41) is 8.47. The second kappa shape index (κ2) is 4.38. The normalized spacial score (nSPS) is 21.4. The van der Waals surface area contributed by atoms with Gasteiger partial charge in [-0.3, -0.25) is 0 Å². The van der Waals surface area contributed by atoms with Crippen LogP contribution in [0.3, 0.4) is 0 Å². The molecule has 1 unspecified atom stereocenters. The molecular weight excluding hydrogens is 280 g/mol. The monoisotopic (exact) mass is 294 g/mol. The van der Waals surface area contributed by atoms with Crippen LogP contribution in [-0.4, -0.2) is 40.0 Å². The Balaban J connectivity index is 1.90. The average molecular weight is 295 g/mol. The molecule has 1 aromatic carbocycles. The first-order chi connectivity index (χ1) is 8.24. The van der Waals surface area contributed by atoms with Crippen LogP contribution in [-0.2, 0) is 6.54 Å². The zero-order valence-corrected chi connectivity index (χ0v) is 11.4. The summed E-state index contributed by atoms with van der Waals surface area (Å²) in [6.07, 6.45) is 1.25. The van der Waals surface area contributed by atoms with Gasteiger partial charge in [-0.25, -0.2) is 4.68 Å². The van der Waals surface area contributed by atoms with Crippen LogP contribution in [0.2, 0.25) is 0 Å². The van der Waals surface area contributed by atoms with Crippen LogP contribution < -0.4 is 0 Å². The zero-order chi connectivity index (χ0) is 11.8. The predicted molar refractivity (Wildman–Crippen MR) is 70.8 cm³/mol. The molecule has 0 N–H and O–H groups in total. The summed E-state index contributed by atoms with van der Waals surface area (Å²) in [6.45, 7) is 3.31. The molecule has 1 aliphatic heterocycles. The minimum atomic E-state index is 0.692. The van der Waals surface area contributed by atoms with Gasteiger partial charge < -0.3 is 4.90 Å². The molecule has 0 spiro atoms. The molecule has 2 heterocycles. The largest absolute Gasteiger partial charge is 0.306 e. The molecule has 1 atom stereocenters. The van der Waals surface area contributed by atoms with Crippen molar-refractivity contribution < 1.29 is 0 Å². The van der Waals surface area contributed by atoms with Crippen LogP contribution in [0.5, 0.6) is 0 Å². The van der Waals surface area contributed by atoms with E-state index >= 15 is 0 Å². The third kappa shape index (κ3) is 2.09. The molecule has 90 valence electrons. The number of nitrogens with zero attached hydrogens (tertiary/aromatic N) is 4. The Labute approximate surface area is 109 Å². The second-order valence-corrected chi connectivity index (χ2v) is 5.65. The summed E-state index contributed by atoms with van der Waals surface area (Å²) in [5.74, 6) is 0.692. The lowest BCUT2D eigenvalue weighted by Crippen LogP contribution is -2.17. The summed E-state index contributed by atoms with van der Waals surface area (Å²) in [5.41, 5.74) is 2.08. The molecule has 0 saturated carbocycles. The zero-order valence-electron chi connectivity index (χ0n) is 9.80. The van der Waals surface area contributed by atoms with E-state index in [1.165, 1.54) is 13.0 Å². The predicted octanol–water partition coefficient (Wildman–Crippen LogP) is 2.15. The summed E-state index contributed by atoms with van der Waals surface area (Å²) in [7, 11) is 2.18. The Hall–Kier alpha value is -0.940. The molecule has 1 aromatic heterocycles. The van der Waals surface area contributed by atoms with Crippen molar-refractivity contribution >= 4 is 27.0 Å². The SMILES string of the molecule is CN1CCC(Cn2nnc3cccc(Br)c32)C1. The summed E-state index contributed by atoms with van der Waals surface area (Å²) < 4.78 is 3.11. The van der Waals surface area contributed by atoms with Crippen LogP contribution in [0, 0.1) is 5.92 Å². The number of likely N-dealkylation sites (tertiary alicyclic amines) is 1. The molecule has 1 saturated heterocycles. The molecule has 1 aliphatic rings. The van der Waals surface area contributed by atoms with Crippen LogP contribution in [0.25, 0.3) is 11.0 Å². The molecule has 0 bridgehead atoms. The summed E-state index contributed by atoms with van der Waals surface area (Å²) in [4.78, 5) is 2.37. The molecule has 1 fully saturated rings. The van der Waals surface area contributed by atoms with Gasteiger partial charge in [-0.2, -0.15) is 0 Å². The molecule has 0 radical (unpaired) electrons. The van der Waals surface area contributed by atoms with Gasteiger partial charge in [0.25, 0.3) is 0 Å². The van der Waals surface area contributed by atoms with Gasteiger partial charge in [0.15, 0.2) is 0 Å². The van der Waals surface area contributed by atoms with Gasteiger partial charge in [0, 0.05) is 17.6 Å². The fraction of sp³-hybridized carbons (Fsp3) is 0.500. The summed E-state index contributed by atoms with van der Waals surface area (Å²) >= 11 is 3.58. The van der Waals surface area contributed by atoms with Gasteiger partial charge in [0.2, 0.25) is 0 Å². The molecule has 17 heavy (non-hydrogen) atoms. The first kappa shape index (κ1) is 11.2. The van der Waals surface area contributed by atoms with Crippen molar-refractivity contribution in [3.05, 3.63) is 22.7 Å². The van der Waals surface area contributed by atoms with E-state index in [4.69, 9.17) is 0 Å². The Bertz CT molecular complexity index is 536. The van der Waals surface area contributed by atoms with E-state index in [-0.39, 0.29) is 0 Å². The number of rotatable bonds is 2. The number of hydrogen-bond acceptors (Lipinski definition) is 3. The lowest BCUT2D eigenvalue weighted by molar-refractivity contribution is 0.370. The van der Waals surface area contributed by atoms with E-state index in [1.807, 2.05) is 22.9 Å². The number of benzene rings is 1. The standard InChI is InChI=1S/C12H15BrN4/c1-16-6-5-9(7-16)8-17-12-10(13)3-2-4-11(12)14-15-17/h2-4,9H,5-8H2,1H3. The van der Waals surface area contributed by atoms with Crippen molar-refractivity contribution in [2.24, 2.45) is 5.92 Å². The van der Waals surface area contributed by atoms with Crippen molar-refractivity contribution in [3.8, 4) is 0 Å². The minimum Gasteiger partial charge on any atom is -0.306 e. The van der Waals surface area contributed by atoms with Crippen LogP contribution in [0.4, 0.5) is 0 Å². The Kier molecular flexibility index (Phi) is 2.88. The van der Waals surface area contributed by atoms with Gasteiger partial charge in [0.1, 0.15) is 11.0 Å². The number of hydrogen-bond donors (Lipinski definition) is 0. The number of fused-ring (bicyclic) bond motifs is 1. The van der Waals surface area contributed by atoms with E-state index in [9.17, 15) is 0 Å². The van der Waals surface area contributed by atoms with Crippen molar-refractivity contribution in [3.63, 3.8) is 0 Å². The van der Waals surface area contributed by atoms with Gasteiger partial charge in [-0.15, -0.1) is 5.10 Å². The highest BCUT2D eigenvalue weighted by Gasteiger charge is 2.21. The molecule has 2 aromatic rings. The smallest absolute Gasteiger partial charge is 0.114 e. The van der Waals surface area contributed by atoms with Gasteiger partial charge in [-0.05, 0) is 54.0 Å². The van der Waals surface area contributed by atoms with Gasteiger partial charge in [0.05, 0.1) is 0 Å². The fourth-order valence-electron chi connectivity index (χ4n) is 2.53. The lowest BCUT2D eigenvalue weighted by Gasteiger charge is -2.10. The molecule has 0 aliphatic carbocycles. The van der Waals surface area contributed by atoms with Gasteiger partial charge >= 0.3 is 0 Å². The van der Waals surface area contributed by atoms with Crippen molar-refractivity contribution in [2.45, 2.75) is 13.0 Å². The van der Waals surface area contributed by atoms with E-state index in [0.29, 0.717) is 5.92 Å². The maximum Gasteiger partial charge on any atom is 0.114 e. The lowest BCUT2D eigenvalue weighted by atomic mass is 10.1. The van der Waals surface area contributed by atoms with Crippen LogP contribution in [0.1, 0.15) is 6.42 Å². The Morgan fingerprint density at radius 3 is 3.12 bits per heavy atom. The molecule has 0 amide bonds. The fourth-order valence-corrected chi connectivity index (χ4v) is 3.10. The number of aromatic nitrogens is 3. The molecule has 5 heteroatoms. The van der Waals surface area contributed by atoms with Crippen LogP contribution in [0.15, 0.2) is 22.7 Å². The quantitative estimate of drug-likeness (QED) is 0.851. The van der Waals surface area contributed by atoms with E-state index < -0.39 is 0 Å². The maximum absolute atomic E-state index is 4.26. The first-order valence-electron chi connectivity index (χ1n) is 5.90. The second-order valence-electron chi connectivity index (χ2n) is 4.80. The minimum absolute atomic E-state index is 0.692. The molecule has 3 rings (SSSR count). The topological polar surface area (TPSA) is 34.0 Å². The van der Waals surface area contributed by atoms with E-state index in [0.717, 1.165) is 28.6 Å². The van der Waals surface area contributed by atoms with Crippen molar-refractivity contribution in [1.29, 1.82) is 0 Å². The van der Waals surface area contributed by atoms with Crippen molar-refractivity contribution in [2.75, 3.05) is 20.1 Å². The number of para-hydroxylation sites is 1. The molecule has 4 nitrogen and oxygen atoms in total. The Morgan fingerprint density at radius 2 is 2.35 bits per heavy atom. The number of halogens is 1. The third-order valence-corrected chi connectivity index (χ3v) is 4.04. The highest BCUT2D eigenvalue weighted by atomic mass is 79.9.